The van der Waals surface area contributed by atoms with E-state index in [2.05, 4.69) is 16.0 Å². The van der Waals surface area contributed by atoms with Crippen molar-refractivity contribution in [2.75, 3.05) is 13.7 Å². The highest BCUT2D eigenvalue weighted by Crippen LogP contribution is 2.25. The van der Waals surface area contributed by atoms with Gasteiger partial charge >= 0.3 is 0 Å². The van der Waals surface area contributed by atoms with Crippen molar-refractivity contribution in [1.29, 1.82) is 0 Å². The molecule has 0 saturated carbocycles. The standard InChI is InChI=1S/C15H16N2O2S/c1-9-7-10(3-4-13(9)18-2)14-16-12-5-6-19-8-11(12)15(20)17-14/h3-4,7H,5-6,8H2,1-2H3,(H,16,17,20). The molecule has 0 amide bonds. The third-order valence-corrected chi connectivity index (χ3v) is 3.85. The van der Waals surface area contributed by atoms with Crippen LogP contribution in [0.3, 0.4) is 0 Å². The minimum Gasteiger partial charge on any atom is -0.496 e. The Labute approximate surface area is 122 Å². The van der Waals surface area contributed by atoms with Crippen molar-refractivity contribution in [2.45, 2.75) is 20.0 Å². The minimum atomic E-state index is 0.555. The molecule has 0 fully saturated rings. The highest BCUT2D eigenvalue weighted by molar-refractivity contribution is 7.71. The van der Waals surface area contributed by atoms with Crippen molar-refractivity contribution in [3.8, 4) is 17.1 Å². The summed E-state index contributed by atoms with van der Waals surface area (Å²) in [6, 6.07) is 6.00. The Balaban J connectivity index is 2.08. The Kier molecular flexibility index (Phi) is 3.54. The number of methoxy groups -OCH3 is 1. The fraction of sp³-hybridized carbons (Fsp3) is 0.333. The molecule has 1 aromatic carbocycles. The first-order chi connectivity index (χ1) is 9.69. The van der Waals surface area contributed by atoms with E-state index in [0.29, 0.717) is 11.2 Å². The maximum Gasteiger partial charge on any atom is 0.139 e. The molecule has 1 aliphatic heterocycles. The molecule has 5 heteroatoms. The van der Waals surface area contributed by atoms with E-state index in [9.17, 15) is 0 Å². The molecule has 20 heavy (non-hydrogen) atoms. The van der Waals surface area contributed by atoms with Gasteiger partial charge in [0.15, 0.2) is 0 Å². The molecule has 2 aromatic rings. The Morgan fingerprint density at radius 1 is 1.40 bits per heavy atom. The van der Waals surface area contributed by atoms with Crippen LogP contribution in [0.25, 0.3) is 11.4 Å². The zero-order valence-electron chi connectivity index (χ0n) is 11.5. The van der Waals surface area contributed by atoms with Gasteiger partial charge in [0.05, 0.1) is 20.3 Å². The molecule has 0 bridgehead atoms. The second-order valence-electron chi connectivity index (χ2n) is 4.83. The van der Waals surface area contributed by atoms with Gasteiger partial charge in [-0.25, -0.2) is 4.98 Å². The highest BCUT2D eigenvalue weighted by Gasteiger charge is 2.14. The van der Waals surface area contributed by atoms with Crippen LogP contribution in [0.2, 0.25) is 0 Å². The zero-order valence-corrected chi connectivity index (χ0v) is 12.3. The highest BCUT2D eigenvalue weighted by atomic mass is 32.1. The molecule has 104 valence electrons. The lowest BCUT2D eigenvalue weighted by atomic mass is 10.1. The van der Waals surface area contributed by atoms with Gasteiger partial charge in [-0.1, -0.05) is 12.2 Å². The van der Waals surface area contributed by atoms with Gasteiger partial charge < -0.3 is 14.5 Å². The number of H-pyrrole nitrogens is 1. The molecule has 4 nitrogen and oxygen atoms in total. The SMILES string of the molecule is COc1ccc(-c2nc(=S)c3c([nH]2)CCOC3)cc1C. The first-order valence-electron chi connectivity index (χ1n) is 6.54. The summed E-state index contributed by atoms with van der Waals surface area (Å²) in [4.78, 5) is 7.88. The Morgan fingerprint density at radius 3 is 3.00 bits per heavy atom. The van der Waals surface area contributed by atoms with Gasteiger partial charge in [0, 0.05) is 23.2 Å². The summed E-state index contributed by atoms with van der Waals surface area (Å²) in [7, 11) is 1.67. The molecule has 0 radical (unpaired) electrons. The molecule has 0 atom stereocenters. The predicted molar refractivity (Wildman–Crippen MR) is 79.5 cm³/mol. The van der Waals surface area contributed by atoms with E-state index in [4.69, 9.17) is 21.7 Å². The van der Waals surface area contributed by atoms with E-state index in [0.717, 1.165) is 47.0 Å². The molecule has 1 N–H and O–H groups in total. The van der Waals surface area contributed by atoms with Crippen molar-refractivity contribution < 1.29 is 9.47 Å². The summed E-state index contributed by atoms with van der Waals surface area (Å²) in [5.74, 6) is 1.68. The fourth-order valence-corrected chi connectivity index (χ4v) is 2.69. The van der Waals surface area contributed by atoms with Crippen LogP contribution in [-0.2, 0) is 17.8 Å². The van der Waals surface area contributed by atoms with Crippen LogP contribution in [0, 0.1) is 11.6 Å². The minimum absolute atomic E-state index is 0.555. The van der Waals surface area contributed by atoms with Gasteiger partial charge in [-0.3, -0.25) is 0 Å². The summed E-state index contributed by atoms with van der Waals surface area (Å²) < 4.78 is 11.3. The van der Waals surface area contributed by atoms with Crippen LogP contribution in [-0.4, -0.2) is 23.7 Å². The molecule has 0 aliphatic carbocycles. The number of hydrogen-bond donors (Lipinski definition) is 1. The van der Waals surface area contributed by atoms with Crippen LogP contribution in [0.1, 0.15) is 16.8 Å². The van der Waals surface area contributed by atoms with Gasteiger partial charge in [0.25, 0.3) is 0 Å². The molecular formula is C15H16N2O2S. The molecule has 0 spiro atoms. The van der Waals surface area contributed by atoms with Crippen molar-refractivity contribution in [1.82, 2.24) is 9.97 Å². The number of nitrogens with zero attached hydrogens (tertiary/aromatic N) is 1. The number of benzene rings is 1. The van der Waals surface area contributed by atoms with Crippen LogP contribution in [0.15, 0.2) is 18.2 Å². The van der Waals surface area contributed by atoms with Gasteiger partial charge in [-0.05, 0) is 30.7 Å². The van der Waals surface area contributed by atoms with Crippen molar-refractivity contribution in [3.63, 3.8) is 0 Å². The molecule has 2 heterocycles. The number of rotatable bonds is 2. The summed E-state index contributed by atoms with van der Waals surface area (Å²) in [5.41, 5.74) is 4.25. The molecule has 1 aliphatic rings. The Bertz CT molecular complexity index is 710. The van der Waals surface area contributed by atoms with E-state index >= 15 is 0 Å². The molecule has 0 unspecified atom stereocenters. The van der Waals surface area contributed by atoms with Crippen molar-refractivity contribution in [2.24, 2.45) is 0 Å². The van der Waals surface area contributed by atoms with E-state index in [-0.39, 0.29) is 0 Å². The number of aromatic amines is 1. The number of nitrogens with one attached hydrogen (secondary N) is 1. The van der Waals surface area contributed by atoms with E-state index in [1.807, 2.05) is 19.1 Å². The van der Waals surface area contributed by atoms with E-state index < -0.39 is 0 Å². The van der Waals surface area contributed by atoms with E-state index in [1.54, 1.807) is 7.11 Å². The third kappa shape index (κ3) is 2.34. The average Bonchev–Trinajstić information content (AvgIpc) is 2.47. The van der Waals surface area contributed by atoms with Crippen molar-refractivity contribution in [3.05, 3.63) is 39.7 Å². The predicted octanol–water partition coefficient (Wildman–Crippen LogP) is 3.20. The monoisotopic (exact) mass is 288 g/mol. The van der Waals surface area contributed by atoms with Gasteiger partial charge in [0.1, 0.15) is 16.2 Å². The molecule has 1 aromatic heterocycles. The Hall–Kier alpha value is -1.72. The molecular weight excluding hydrogens is 272 g/mol. The summed E-state index contributed by atoms with van der Waals surface area (Å²) in [6.45, 7) is 3.30. The number of hydrogen-bond acceptors (Lipinski definition) is 4. The molecule has 0 saturated heterocycles. The topological polar surface area (TPSA) is 47.1 Å². The smallest absolute Gasteiger partial charge is 0.139 e. The summed E-state index contributed by atoms with van der Waals surface area (Å²) in [5, 5.41) is 0. The van der Waals surface area contributed by atoms with E-state index in [1.165, 1.54) is 0 Å². The zero-order chi connectivity index (χ0) is 14.1. The second kappa shape index (κ2) is 5.34. The average molecular weight is 288 g/mol. The Morgan fingerprint density at radius 2 is 2.25 bits per heavy atom. The molecule has 3 rings (SSSR count). The maximum absolute atomic E-state index is 5.43. The summed E-state index contributed by atoms with van der Waals surface area (Å²) >= 11 is 5.37. The first-order valence-corrected chi connectivity index (χ1v) is 6.94. The van der Waals surface area contributed by atoms with Gasteiger partial charge in [-0.2, -0.15) is 0 Å². The lowest BCUT2D eigenvalue weighted by Gasteiger charge is -2.17. The fourth-order valence-electron chi connectivity index (χ4n) is 2.42. The lowest BCUT2D eigenvalue weighted by molar-refractivity contribution is 0.108. The number of aryl methyl sites for hydroxylation is 1. The first kappa shape index (κ1) is 13.3. The normalized spacial score (nSPS) is 13.9. The number of aromatic nitrogens is 2. The van der Waals surface area contributed by atoms with Crippen LogP contribution in [0.4, 0.5) is 0 Å². The van der Waals surface area contributed by atoms with Gasteiger partial charge in [0.2, 0.25) is 0 Å². The van der Waals surface area contributed by atoms with Crippen LogP contribution in [0.5, 0.6) is 5.75 Å². The largest absolute Gasteiger partial charge is 0.496 e. The van der Waals surface area contributed by atoms with Gasteiger partial charge in [-0.15, -0.1) is 0 Å². The number of fused-ring (bicyclic) bond motifs is 1. The number of ether oxygens (including phenoxy) is 2. The quantitative estimate of drug-likeness (QED) is 0.862. The van der Waals surface area contributed by atoms with Crippen LogP contribution < -0.4 is 4.74 Å². The third-order valence-electron chi connectivity index (χ3n) is 3.52. The summed E-state index contributed by atoms with van der Waals surface area (Å²) in [6.07, 6.45) is 0.851. The van der Waals surface area contributed by atoms with Crippen LogP contribution >= 0.6 is 12.2 Å². The lowest BCUT2D eigenvalue weighted by Crippen LogP contribution is -2.14. The second-order valence-corrected chi connectivity index (χ2v) is 5.22. The maximum atomic E-state index is 5.43. The van der Waals surface area contributed by atoms with Crippen molar-refractivity contribution >= 4 is 12.2 Å².